The van der Waals surface area contributed by atoms with Crippen LogP contribution in [0.4, 0.5) is 0 Å². The van der Waals surface area contributed by atoms with Crippen molar-refractivity contribution in [1.82, 2.24) is 0 Å². The highest BCUT2D eigenvalue weighted by Gasteiger charge is 2.27. The van der Waals surface area contributed by atoms with Crippen LogP contribution in [0.2, 0.25) is 0 Å². The molecule has 0 fully saturated rings. The highest BCUT2D eigenvalue weighted by Crippen LogP contribution is 2.43. The Morgan fingerprint density at radius 2 is 0.803 bits per heavy atom. The van der Waals surface area contributed by atoms with E-state index in [9.17, 15) is 24.2 Å². The van der Waals surface area contributed by atoms with Gasteiger partial charge < -0.3 is 24.6 Å². The van der Waals surface area contributed by atoms with Crippen LogP contribution in [0.25, 0.3) is 0 Å². The Hall–Kier alpha value is -1.55. The number of hydrogen-bond acceptors (Lipinski definition) is 9. The molecule has 3 atom stereocenters. The van der Waals surface area contributed by atoms with E-state index < -0.39 is 51.8 Å². The van der Waals surface area contributed by atoms with Gasteiger partial charge in [-0.15, -0.1) is 0 Å². The van der Waals surface area contributed by atoms with Crippen LogP contribution in [-0.2, 0) is 32.7 Å². The Labute approximate surface area is 374 Å². The van der Waals surface area contributed by atoms with Gasteiger partial charge in [-0.25, -0.2) is 4.57 Å². The molecule has 0 aliphatic heterocycles. The Kier molecular flexibility index (Phi) is 45.3. The van der Waals surface area contributed by atoms with Gasteiger partial charge in [0.1, 0.15) is 12.7 Å². The summed E-state index contributed by atoms with van der Waals surface area (Å²) in [7, 11) is -4.62. The number of allylic oxidation sites excluding steroid dienone is 4. The number of unbranched alkanes of at least 4 members (excludes halogenated alkanes) is 30. The zero-order chi connectivity index (χ0) is 44.8. The van der Waals surface area contributed by atoms with Crippen LogP contribution in [0, 0.1) is 0 Å². The van der Waals surface area contributed by atoms with Crippen LogP contribution >= 0.6 is 7.82 Å². The van der Waals surface area contributed by atoms with E-state index in [1.807, 2.05) is 0 Å². The normalized spacial score (nSPS) is 13.9. The molecule has 61 heavy (non-hydrogen) atoms. The monoisotopic (exact) mass is 887 g/mol. The summed E-state index contributed by atoms with van der Waals surface area (Å²) in [6.45, 7) is 2.41. The fourth-order valence-electron chi connectivity index (χ4n) is 7.16. The van der Waals surface area contributed by atoms with E-state index in [0.717, 1.165) is 38.5 Å². The summed E-state index contributed by atoms with van der Waals surface area (Å²) < 4.78 is 32.9. The second-order valence-corrected chi connectivity index (χ2v) is 18.6. The molecule has 0 aliphatic carbocycles. The zero-order valence-electron chi connectivity index (χ0n) is 39.4. The van der Waals surface area contributed by atoms with E-state index in [0.29, 0.717) is 12.8 Å². The molecule has 0 radical (unpaired) electrons. The summed E-state index contributed by atoms with van der Waals surface area (Å²) >= 11 is 0. The molecule has 3 N–H and O–H groups in total. The van der Waals surface area contributed by atoms with Crippen LogP contribution in [0.15, 0.2) is 24.3 Å². The number of ether oxygens (including phenoxy) is 2. The fourth-order valence-corrected chi connectivity index (χ4v) is 7.95. The second kappa shape index (κ2) is 46.4. The maximum Gasteiger partial charge on any atom is 0.472 e. The first-order valence-corrected chi connectivity index (χ1v) is 26.8. The third-order valence-corrected chi connectivity index (χ3v) is 12.0. The van der Waals surface area contributed by atoms with Crippen molar-refractivity contribution in [3.05, 3.63) is 24.3 Å². The molecule has 0 saturated heterocycles. The number of phosphoric acid groups is 1. The molecule has 0 amide bonds. The third-order valence-electron chi connectivity index (χ3n) is 11.1. The lowest BCUT2D eigenvalue weighted by molar-refractivity contribution is -0.161. The Balaban J connectivity index is 4.18. The highest BCUT2D eigenvalue weighted by atomic mass is 31.2. The van der Waals surface area contributed by atoms with Gasteiger partial charge in [0.05, 0.1) is 19.8 Å². The number of carbonyl (C=O) groups excluding carboxylic acids is 2. The van der Waals surface area contributed by atoms with Gasteiger partial charge in [0.25, 0.3) is 0 Å². The molecular weight excluding hydrogens is 792 g/mol. The number of rotatable bonds is 48. The topological polar surface area (TPSA) is 149 Å². The predicted octanol–water partition coefficient (Wildman–Crippen LogP) is 14.1. The number of aliphatic hydroxyl groups is 2. The van der Waals surface area contributed by atoms with E-state index in [-0.39, 0.29) is 19.4 Å². The number of carbonyl (C=O) groups is 2. The lowest BCUT2D eigenvalue weighted by Crippen LogP contribution is -2.29. The average Bonchev–Trinajstić information content (AvgIpc) is 3.25. The lowest BCUT2D eigenvalue weighted by Gasteiger charge is -2.20. The molecule has 0 aromatic rings. The molecule has 0 aliphatic rings. The number of phosphoric ester groups is 1. The molecule has 0 rings (SSSR count). The highest BCUT2D eigenvalue weighted by molar-refractivity contribution is 7.47. The van der Waals surface area contributed by atoms with Gasteiger partial charge in [-0.3, -0.25) is 18.6 Å². The van der Waals surface area contributed by atoms with Gasteiger partial charge >= 0.3 is 19.8 Å². The van der Waals surface area contributed by atoms with Crippen LogP contribution in [0.3, 0.4) is 0 Å². The maximum atomic E-state index is 12.7. The lowest BCUT2D eigenvalue weighted by atomic mass is 10.1. The zero-order valence-corrected chi connectivity index (χ0v) is 40.3. The van der Waals surface area contributed by atoms with Crippen molar-refractivity contribution in [3.8, 4) is 0 Å². The van der Waals surface area contributed by atoms with E-state index >= 15 is 0 Å². The van der Waals surface area contributed by atoms with Gasteiger partial charge in [-0.1, -0.05) is 192 Å². The first-order chi connectivity index (χ1) is 29.7. The van der Waals surface area contributed by atoms with E-state index in [2.05, 4.69) is 38.2 Å². The summed E-state index contributed by atoms with van der Waals surface area (Å²) in [5.41, 5.74) is 0. The molecule has 0 bridgehead atoms. The van der Waals surface area contributed by atoms with Crippen molar-refractivity contribution in [2.75, 3.05) is 26.4 Å². The first-order valence-electron chi connectivity index (χ1n) is 25.3. The van der Waals surface area contributed by atoms with Crippen molar-refractivity contribution in [2.45, 2.75) is 257 Å². The van der Waals surface area contributed by atoms with E-state index in [4.69, 9.17) is 23.6 Å². The van der Waals surface area contributed by atoms with E-state index in [1.165, 1.54) is 167 Å². The standard InChI is InChI=1S/C50H95O10P/c1-3-5-7-9-11-13-15-17-19-21-23-25-27-29-31-33-35-37-39-41-49(53)57-45-48(46-59-61(55,56)58-44-47(52)43-51)60-50(54)42-40-38-36-34-32-30-28-26-24-22-20-18-16-14-12-10-8-6-4-2/h17-20,47-48,51-52H,3-16,21-46H2,1-2H3,(H,55,56)/b19-17+,20-18+/t47-,48-/m1/s1. The first kappa shape index (κ1) is 59.5. The number of esters is 2. The summed E-state index contributed by atoms with van der Waals surface area (Å²) in [6.07, 6.45) is 48.5. The van der Waals surface area contributed by atoms with Crippen LogP contribution in [0.5, 0.6) is 0 Å². The predicted molar refractivity (Wildman–Crippen MR) is 252 cm³/mol. The fraction of sp³-hybridized carbons (Fsp3) is 0.880. The maximum absolute atomic E-state index is 12.7. The van der Waals surface area contributed by atoms with E-state index in [1.54, 1.807) is 0 Å². The molecule has 10 nitrogen and oxygen atoms in total. The third kappa shape index (κ3) is 46.3. The van der Waals surface area contributed by atoms with Gasteiger partial charge in [0, 0.05) is 12.8 Å². The van der Waals surface area contributed by atoms with Crippen LogP contribution < -0.4 is 0 Å². The molecule has 1 unspecified atom stereocenters. The Morgan fingerprint density at radius 1 is 0.475 bits per heavy atom. The molecule has 0 heterocycles. The van der Waals surface area contributed by atoms with Gasteiger partial charge in [-0.05, 0) is 64.2 Å². The molecule has 0 aromatic heterocycles. The van der Waals surface area contributed by atoms with Crippen molar-refractivity contribution < 1.29 is 47.8 Å². The van der Waals surface area contributed by atoms with Gasteiger partial charge in [-0.2, -0.15) is 0 Å². The molecule has 0 aromatic carbocycles. The van der Waals surface area contributed by atoms with Crippen molar-refractivity contribution in [2.24, 2.45) is 0 Å². The average molecular weight is 887 g/mol. The quantitative estimate of drug-likeness (QED) is 0.0233. The number of hydrogen-bond donors (Lipinski definition) is 3. The van der Waals surface area contributed by atoms with Crippen LogP contribution in [-0.4, -0.2) is 65.7 Å². The molecule has 11 heteroatoms. The smallest absolute Gasteiger partial charge is 0.462 e. The molecular formula is C50H95O10P. The van der Waals surface area contributed by atoms with Crippen LogP contribution in [0.1, 0.15) is 245 Å². The van der Waals surface area contributed by atoms with Crippen molar-refractivity contribution in [3.63, 3.8) is 0 Å². The summed E-state index contributed by atoms with van der Waals surface area (Å²) in [5.74, 6) is -0.919. The van der Waals surface area contributed by atoms with Crippen molar-refractivity contribution in [1.29, 1.82) is 0 Å². The van der Waals surface area contributed by atoms with Gasteiger partial charge in [0.15, 0.2) is 6.10 Å². The summed E-state index contributed by atoms with van der Waals surface area (Å²) in [6, 6.07) is 0. The number of aliphatic hydroxyl groups excluding tert-OH is 2. The van der Waals surface area contributed by atoms with Gasteiger partial charge in [0.2, 0.25) is 0 Å². The largest absolute Gasteiger partial charge is 0.472 e. The minimum absolute atomic E-state index is 0.184. The summed E-state index contributed by atoms with van der Waals surface area (Å²) in [4.78, 5) is 35.2. The minimum atomic E-state index is -4.62. The second-order valence-electron chi connectivity index (χ2n) is 17.2. The molecule has 0 saturated carbocycles. The van der Waals surface area contributed by atoms with Crippen molar-refractivity contribution >= 4 is 19.8 Å². The Bertz CT molecular complexity index is 1070. The SMILES string of the molecule is CCCCCCCC/C=C/CCCCCCCCCCCC(=O)OC[C@H](COP(=O)(O)OC[C@H](O)CO)OC(=O)CCCCCCCCCCC/C=C/CCCCCCCC. The molecule has 0 spiro atoms. The Morgan fingerprint density at radius 3 is 1.18 bits per heavy atom. The summed E-state index contributed by atoms with van der Waals surface area (Å²) in [5, 5.41) is 18.4. The molecule has 360 valence electrons. The minimum Gasteiger partial charge on any atom is -0.462 e.